The molecule has 0 spiro atoms. The van der Waals surface area contributed by atoms with Gasteiger partial charge >= 0.3 is 0 Å². The topological polar surface area (TPSA) is 111 Å². The maximum absolute atomic E-state index is 11.7. The first-order valence-corrected chi connectivity index (χ1v) is 9.68. The summed E-state index contributed by atoms with van der Waals surface area (Å²) < 4.78 is 29.0. The van der Waals surface area contributed by atoms with Crippen molar-refractivity contribution in [2.45, 2.75) is 24.3 Å². The van der Waals surface area contributed by atoms with E-state index in [1.54, 1.807) is 30.5 Å². The SMILES string of the molecule is CS(=O)(=O)c1cccc(Oc2ncccc2CNC(=O)CCCN)c1.Cl.Cl. The number of halogens is 2. The molecule has 0 bridgehead atoms. The molecule has 0 aliphatic rings. The Labute approximate surface area is 171 Å². The van der Waals surface area contributed by atoms with E-state index in [-0.39, 0.29) is 42.2 Å². The normalized spacial score (nSPS) is 10.3. The minimum absolute atomic E-state index is 0. The Morgan fingerprint density at radius 1 is 1.22 bits per heavy atom. The second-order valence-corrected chi connectivity index (χ2v) is 7.50. The predicted octanol–water partition coefficient (Wildman–Crippen LogP) is 2.48. The van der Waals surface area contributed by atoms with Gasteiger partial charge in [0.25, 0.3) is 0 Å². The number of benzene rings is 1. The molecule has 1 aromatic heterocycles. The number of nitrogens with two attached hydrogens (primary N) is 1. The van der Waals surface area contributed by atoms with E-state index in [1.807, 2.05) is 0 Å². The van der Waals surface area contributed by atoms with Crippen LogP contribution in [0.3, 0.4) is 0 Å². The summed E-state index contributed by atoms with van der Waals surface area (Å²) in [5.41, 5.74) is 6.07. The monoisotopic (exact) mass is 435 g/mol. The van der Waals surface area contributed by atoms with Crippen molar-refractivity contribution >= 4 is 40.6 Å². The van der Waals surface area contributed by atoms with Gasteiger partial charge in [-0.3, -0.25) is 4.79 Å². The molecule has 7 nitrogen and oxygen atoms in total. The van der Waals surface area contributed by atoms with Crippen LogP contribution in [0.5, 0.6) is 11.6 Å². The zero-order valence-electron chi connectivity index (χ0n) is 14.8. The number of nitrogens with zero attached hydrogens (tertiary/aromatic N) is 1. The Morgan fingerprint density at radius 2 is 1.96 bits per heavy atom. The Balaban J connectivity index is 0.00000338. The van der Waals surface area contributed by atoms with E-state index in [2.05, 4.69) is 10.3 Å². The van der Waals surface area contributed by atoms with Crippen molar-refractivity contribution in [3.63, 3.8) is 0 Å². The fraction of sp³-hybridized carbons (Fsp3) is 0.294. The van der Waals surface area contributed by atoms with Gasteiger partial charge in [0.1, 0.15) is 5.75 Å². The van der Waals surface area contributed by atoms with Crippen LogP contribution in [0.15, 0.2) is 47.5 Å². The summed E-state index contributed by atoms with van der Waals surface area (Å²) >= 11 is 0. The average Bonchev–Trinajstić information content (AvgIpc) is 2.58. The maximum atomic E-state index is 11.7. The molecule has 2 rings (SSSR count). The molecule has 0 saturated carbocycles. The first-order valence-electron chi connectivity index (χ1n) is 7.79. The van der Waals surface area contributed by atoms with Gasteiger partial charge in [0, 0.05) is 31.0 Å². The van der Waals surface area contributed by atoms with Crippen molar-refractivity contribution in [2.75, 3.05) is 12.8 Å². The lowest BCUT2D eigenvalue weighted by molar-refractivity contribution is -0.121. The molecule has 0 fully saturated rings. The van der Waals surface area contributed by atoms with Gasteiger partial charge in [-0.15, -0.1) is 24.8 Å². The molecular weight excluding hydrogens is 413 g/mol. The van der Waals surface area contributed by atoms with Crippen LogP contribution in [-0.4, -0.2) is 32.1 Å². The van der Waals surface area contributed by atoms with E-state index in [9.17, 15) is 13.2 Å². The van der Waals surface area contributed by atoms with Crippen LogP contribution in [-0.2, 0) is 21.2 Å². The zero-order chi connectivity index (χ0) is 18.3. The molecule has 27 heavy (non-hydrogen) atoms. The number of aromatic nitrogens is 1. The summed E-state index contributed by atoms with van der Waals surface area (Å²) in [5, 5.41) is 2.79. The second-order valence-electron chi connectivity index (χ2n) is 5.49. The predicted molar refractivity (Wildman–Crippen MR) is 108 cm³/mol. The van der Waals surface area contributed by atoms with Crippen LogP contribution in [0, 0.1) is 0 Å². The van der Waals surface area contributed by atoms with Crippen LogP contribution in [0.25, 0.3) is 0 Å². The van der Waals surface area contributed by atoms with Crippen LogP contribution in [0.2, 0.25) is 0 Å². The molecule has 3 N–H and O–H groups in total. The smallest absolute Gasteiger partial charge is 0.224 e. The summed E-state index contributed by atoms with van der Waals surface area (Å²) in [5.74, 6) is 0.573. The van der Waals surface area contributed by atoms with Crippen molar-refractivity contribution in [3.8, 4) is 11.6 Å². The number of hydrogen-bond acceptors (Lipinski definition) is 6. The first-order chi connectivity index (χ1) is 11.9. The fourth-order valence-electron chi connectivity index (χ4n) is 2.08. The van der Waals surface area contributed by atoms with E-state index < -0.39 is 9.84 Å². The molecule has 2 aromatic rings. The van der Waals surface area contributed by atoms with Crippen molar-refractivity contribution in [2.24, 2.45) is 5.73 Å². The standard InChI is InChI=1S/C17H21N3O4S.2ClH/c1-25(22,23)15-7-2-6-14(11-15)24-17-13(5-4-10-19-17)12-20-16(21)8-3-9-18;;/h2,4-7,10-11H,3,8-9,12,18H2,1H3,(H,20,21);2*1H. The van der Waals surface area contributed by atoms with Gasteiger partial charge in [0.15, 0.2) is 9.84 Å². The first kappa shape index (κ1) is 25.1. The molecule has 0 atom stereocenters. The lowest BCUT2D eigenvalue weighted by Crippen LogP contribution is -2.23. The Kier molecular flexibility index (Phi) is 10.9. The Hall–Kier alpha value is -1.87. The lowest BCUT2D eigenvalue weighted by atomic mass is 10.2. The largest absolute Gasteiger partial charge is 0.439 e. The second kappa shape index (κ2) is 11.8. The summed E-state index contributed by atoms with van der Waals surface area (Å²) in [4.78, 5) is 16.0. The Bertz CT molecular complexity index is 848. The summed E-state index contributed by atoms with van der Waals surface area (Å²) in [7, 11) is -3.33. The third-order valence-corrected chi connectivity index (χ3v) is 4.49. The van der Waals surface area contributed by atoms with Gasteiger partial charge < -0.3 is 15.8 Å². The minimum Gasteiger partial charge on any atom is -0.439 e. The lowest BCUT2D eigenvalue weighted by Gasteiger charge is -2.11. The number of amides is 1. The molecule has 0 unspecified atom stereocenters. The molecule has 1 aromatic carbocycles. The van der Waals surface area contributed by atoms with E-state index in [4.69, 9.17) is 10.5 Å². The molecular formula is C17H23Cl2N3O4S. The molecule has 0 radical (unpaired) electrons. The van der Waals surface area contributed by atoms with Gasteiger partial charge in [-0.2, -0.15) is 0 Å². The van der Waals surface area contributed by atoms with Gasteiger partial charge in [0.2, 0.25) is 11.8 Å². The Morgan fingerprint density at radius 3 is 2.63 bits per heavy atom. The van der Waals surface area contributed by atoms with E-state index >= 15 is 0 Å². The number of nitrogens with one attached hydrogen (secondary N) is 1. The van der Waals surface area contributed by atoms with E-state index in [0.29, 0.717) is 36.6 Å². The quantitative estimate of drug-likeness (QED) is 0.658. The maximum Gasteiger partial charge on any atom is 0.224 e. The van der Waals surface area contributed by atoms with Crippen LogP contribution in [0.4, 0.5) is 0 Å². The highest BCUT2D eigenvalue weighted by Gasteiger charge is 2.11. The van der Waals surface area contributed by atoms with E-state index in [0.717, 1.165) is 6.26 Å². The third kappa shape index (κ3) is 8.13. The number of ether oxygens (including phenoxy) is 1. The highest BCUT2D eigenvalue weighted by atomic mass is 35.5. The molecule has 1 amide bonds. The number of hydrogen-bond donors (Lipinski definition) is 2. The summed E-state index contributed by atoms with van der Waals surface area (Å²) in [6.07, 6.45) is 3.69. The van der Waals surface area contributed by atoms with Crippen LogP contribution < -0.4 is 15.8 Å². The van der Waals surface area contributed by atoms with E-state index in [1.165, 1.54) is 12.1 Å². The molecule has 0 aliphatic carbocycles. The summed E-state index contributed by atoms with van der Waals surface area (Å²) in [6, 6.07) is 9.70. The van der Waals surface area contributed by atoms with Crippen molar-refractivity contribution in [1.82, 2.24) is 10.3 Å². The molecule has 1 heterocycles. The highest BCUT2D eigenvalue weighted by Crippen LogP contribution is 2.25. The van der Waals surface area contributed by atoms with Crippen molar-refractivity contribution in [1.29, 1.82) is 0 Å². The fourth-order valence-corrected chi connectivity index (χ4v) is 2.73. The zero-order valence-corrected chi connectivity index (χ0v) is 17.2. The molecule has 150 valence electrons. The van der Waals surface area contributed by atoms with Crippen molar-refractivity contribution < 1.29 is 17.9 Å². The summed E-state index contributed by atoms with van der Waals surface area (Å²) in [6.45, 7) is 0.726. The highest BCUT2D eigenvalue weighted by molar-refractivity contribution is 7.90. The van der Waals surface area contributed by atoms with Crippen molar-refractivity contribution in [3.05, 3.63) is 48.2 Å². The number of rotatable bonds is 8. The number of sulfone groups is 1. The van der Waals surface area contributed by atoms with Crippen LogP contribution >= 0.6 is 24.8 Å². The average molecular weight is 436 g/mol. The number of pyridine rings is 1. The van der Waals surface area contributed by atoms with Gasteiger partial charge in [-0.1, -0.05) is 12.1 Å². The minimum atomic E-state index is -3.33. The van der Waals surface area contributed by atoms with Crippen LogP contribution in [0.1, 0.15) is 18.4 Å². The molecule has 0 saturated heterocycles. The third-order valence-electron chi connectivity index (χ3n) is 3.38. The molecule has 0 aliphatic heterocycles. The number of carbonyl (C=O) groups is 1. The van der Waals surface area contributed by atoms with Gasteiger partial charge in [-0.05, 0) is 37.2 Å². The molecule has 10 heteroatoms. The van der Waals surface area contributed by atoms with Gasteiger partial charge in [-0.25, -0.2) is 13.4 Å². The van der Waals surface area contributed by atoms with Gasteiger partial charge in [0.05, 0.1) is 4.90 Å². The number of carbonyl (C=O) groups excluding carboxylic acids is 1.